The van der Waals surface area contributed by atoms with Gasteiger partial charge < -0.3 is 15.3 Å². The van der Waals surface area contributed by atoms with E-state index in [4.69, 9.17) is 0 Å². The van der Waals surface area contributed by atoms with Gasteiger partial charge in [0.15, 0.2) is 0 Å². The number of hydrogen-bond acceptors (Lipinski definition) is 4. The third-order valence-electron chi connectivity index (χ3n) is 3.77. The quantitative estimate of drug-likeness (QED) is 0.872. The Labute approximate surface area is 126 Å². The van der Waals surface area contributed by atoms with Crippen LogP contribution < -0.4 is 10.2 Å². The first kappa shape index (κ1) is 15.5. The molecule has 2 N–H and O–H groups in total. The zero-order valence-corrected chi connectivity index (χ0v) is 13.4. The molecule has 1 aliphatic rings. The summed E-state index contributed by atoms with van der Waals surface area (Å²) >= 11 is 2.02. The summed E-state index contributed by atoms with van der Waals surface area (Å²) in [6, 6.07) is 6.34. The van der Waals surface area contributed by atoms with Gasteiger partial charge in [0.25, 0.3) is 0 Å². The molecule has 1 atom stereocenters. The molecule has 1 aromatic rings. The highest BCUT2D eigenvalue weighted by molar-refractivity contribution is 7.99. The lowest BCUT2D eigenvalue weighted by atomic mass is 10.1. The molecule has 0 bridgehead atoms. The molecule has 20 heavy (non-hydrogen) atoms. The van der Waals surface area contributed by atoms with Crippen molar-refractivity contribution >= 4 is 17.4 Å². The van der Waals surface area contributed by atoms with E-state index in [1.165, 1.54) is 17.9 Å². The van der Waals surface area contributed by atoms with Gasteiger partial charge in [-0.05, 0) is 38.1 Å². The molecule has 3 nitrogen and oxygen atoms in total. The highest BCUT2D eigenvalue weighted by Crippen LogP contribution is 2.30. The van der Waals surface area contributed by atoms with Gasteiger partial charge in [0.05, 0.1) is 0 Å². The van der Waals surface area contributed by atoms with Gasteiger partial charge in [-0.25, -0.2) is 0 Å². The molecule has 1 aliphatic heterocycles. The van der Waals surface area contributed by atoms with Crippen LogP contribution in [0.1, 0.15) is 38.3 Å². The SMILES string of the molecule is CCCNC(C)c1ccc(N2CCCSCC2)cc1O. The van der Waals surface area contributed by atoms with Crippen LogP contribution in [0.15, 0.2) is 18.2 Å². The predicted octanol–water partition coefficient (Wildman–Crippen LogP) is 3.40. The van der Waals surface area contributed by atoms with E-state index in [2.05, 4.69) is 36.2 Å². The molecule has 0 aliphatic carbocycles. The summed E-state index contributed by atoms with van der Waals surface area (Å²) in [5.41, 5.74) is 2.14. The number of thioether (sulfide) groups is 1. The van der Waals surface area contributed by atoms with Crippen LogP contribution in [0.2, 0.25) is 0 Å². The summed E-state index contributed by atoms with van der Waals surface area (Å²) in [6.45, 7) is 7.40. The van der Waals surface area contributed by atoms with Gasteiger partial charge >= 0.3 is 0 Å². The summed E-state index contributed by atoms with van der Waals surface area (Å²) in [5, 5.41) is 13.7. The lowest BCUT2D eigenvalue weighted by molar-refractivity contribution is 0.452. The monoisotopic (exact) mass is 294 g/mol. The zero-order chi connectivity index (χ0) is 14.4. The average molecular weight is 294 g/mol. The van der Waals surface area contributed by atoms with E-state index in [1.54, 1.807) is 0 Å². The van der Waals surface area contributed by atoms with Crippen molar-refractivity contribution in [2.75, 3.05) is 36.0 Å². The molecule has 0 saturated carbocycles. The maximum atomic E-state index is 10.3. The van der Waals surface area contributed by atoms with E-state index in [1.807, 2.05) is 17.8 Å². The molecule has 2 rings (SSSR count). The maximum absolute atomic E-state index is 10.3. The molecule has 0 amide bonds. The van der Waals surface area contributed by atoms with Gasteiger partial charge in [-0.15, -0.1) is 0 Å². The second-order valence-corrected chi connectivity index (χ2v) is 6.60. The Morgan fingerprint density at radius 3 is 2.95 bits per heavy atom. The molecule has 1 heterocycles. The van der Waals surface area contributed by atoms with Crippen molar-refractivity contribution in [2.24, 2.45) is 0 Å². The summed E-state index contributed by atoms with van der Waals surface area (Å²) in [6.07, 6.45) is 2.33. The summed E-state index contributed by atoms with van der Waals surface area (Å²) in [5.74, 6) is 2.84. The van der Waals surface area contributed by atoms with E-state index in [0.29, 0.717) is 5.75 Å². The van der Waals surface area contributed by atoms with Crippen LogP contribution in [0.3, 0.4) is 0 Å². The van der Waals surface area contributed by atoms with Gasteiger partial charge in [-0.2, -0.15) is 11.8 Å². The first-order chi connectivity index (χ1) is 9.72. The Balaban J connectivity index is 2.08. The molecule has 1 aromatic carbocycles. The lowest BCUT2D eigenvalue weighted by Gasteiger charge is -2.24. The lowest BCUT2D eigenvalue weighted by Crippen LogP contribution is -2.25. The number of rotatable bonds is 5. The Kier molecular flexibility index (Phi) is 6.05. The van der Waals surface area contributed by atoms with E-state index in [-0.39, 0.29) is 6.04 Å². The van der Waals surface area contributed by atoms with Crippen molar-refractivity contribution in [1.82, 2.24) is 5.32 Å². The van der Waals surface area contributed by atoms with Gasteiger partial charge in [0, 0.05) is 42.2 Å². The highest BCUT2D eigenvalue weighted by Gasteiger charge is 2.14. The van der Waals surface area contributed by atoms with Crippen LogP contribution in [0, 0.1) is 0 Å². The molecular formula is C16H26N2OS. The topological polar surface area (TPSA) is 35.5 Å². The van der Waals surface area contributed by atoms with Crippen LogP contribution in [0.4, 0.5) is 5.69 Å². The van der Waals surface area contributed by atoms with Crippen LogP contribution in [0.5, 0.6) is 5.75 Å². The van der Waals surface area contributed by atoms with Crippen molar-refractivity contribution in [3.63, 3.8) is 0 Å². The van der Waals surface area contributed by atoms with Crippen molar-refractivity contribution in [3.05, 3.63) is 23.8 Å². The highest BCUT2D eigenvalue weighted by atomic mass is 32.2. The molecule has 1 saturated heterocycles. The van der Waals surface area contributed by atoms with E-state index in [0.717, 1.165) is 37.3 Å². The Morgan fingerprint density at radius 2 is 2.20 bits per heavy atom. The molecule has 4 heteroatoms. The van der Waals surface area contributed by atoms with Gasteiger partial charge in [0.2, 0.25) is 0 Å². The van der Waals surface area contributed by atoms with Crippen molar-refractivity contribution < 1.29 is 5.11 Å². The van der Waals surface area contributed by atoms with E-state index < -0.39 is 0 Å². The molecule has 0 spiro atoms. The molecule has 1 unspecified atom stereocenters. The standard InChI is InChI=1S/C16H26N2OS/c1-3-7-17-13(2)15-6-5-14(12-16(15)19)18-8-4-10-20-11-9-18/h5-6,12-13,17,19H,3-4,7-11H2,1-2H3. The van der Waals surface area contributed by atoms with Crippen molar-refractivity contribution in [2.45, 2.75) is 32.7 Å². The third-order valence-corrected chi connectivity index (χ3v) is 4.82. The van der Waals surface area contributed by atoms with Crippen LogP contribution in [-0.2, 0) is 0 Å². The normalized spacial score (nSPS) is 17.8. The minimum atomic E-state index is 0.198. The largest absolute Gasteiger partial charge is 0.508 e. The fraction of sp³-hybridized carbons (Fsp3) is 0.625. The Morgan fingerprint density at radius 1 is 1.35 bits per heavy atom. The molecule has 112 valence electrons. The number of benzene rings is 1. The van der Waals surface area contributed by atoms with Gasteiger partial charge in [-0.3, -0.25) is 0 Å². The van der Waals surface area contributed by atoms with E-state index in [9.17, 15) is 5.11 Å². The second-order valence-electron chi connectivity index (χ2n) is 5.37. The molecule has 0 aromatic heterocycles. The minimum absolute atomic E-state index is 0.198. The summed E-state index contributed by atoms with van der Waals surface area (Å²) < 4.78 is 0. The Hall–Kier alpha value is -0.870. The third kappa shape index (κ3) is 4.06. The minimum Gasteiger partial charge on any atom is -0.508 e. The van der Waals surface area contributed by atoms with Crippen molar-refractivity contribution in [3.8, 4) is 5.75 Å². The average Bonchev–Trinajstić information content (AvgIpc) is 2.73. The summed E-state index contributed by atoms with van der Waals surface area (Å²) in [4.78, 5) is 2.38. The molecular weight excluding hydrogens is 268 g/mol. The first-order valence-corrected chi connectivity index (χ1v) is 8.77. The number of nitrogens with one attached hydrogen (secondary N) is 1. The zero-order valence-electron chi connectivity index (χ0n) is 12.6. The van der Waals surface area contributed by atoms with Crippen LogP contribution in [0.25, 0.3) is 0 Å². The second kappa shape index (κ2) is 7.79. The fourth-order valence-electron chi connectivity index (χ4n) is 2.57. The fourth-order valence-corrected chi connectivity index (χ4v) is 3.46. The number of hydrogen-bond donors (Lipinski definition) is 2. The number of phenols is 1. The smallest absolute Gasteiger partial charge is 0.122 e. The first-order valence-electron chi connectivity index (χ1n) is 7.61. The van der Waals surface area contributed by atoms with Crippen LogP contribution >= 0.6 is 11.8 Å². The number of nitrogens with zero attached hydrogens (tertiary/aromatic N) is 1. The predicted molar refractivity (Wildman–Crippen MR) is 89.0 cm³/mol. The molecule has 0 radical (unpaired) electrons. The van der Waals surface area contributed by atoms with Crippen molar-refractivity contribution in [1.29, 1.82) is 0 Å². The summed E-state index contributed by atoms with van der Waals surface area (Å²) in [7, 11) is 0. The van der Waals surface area contributed by atoms with Crippen LogP contribution in [-0.4, -0.2) is 36.2 Å². The molecule has 1 fully saturated rings. The number of anilines is 1. The van der Waals surface area contributed by atoms with Gasteiger partial charge in [0.1, 0.15) is 5.75 Å². The van der Waals surface area contributed by atoms with E-state index >= 15 is 0 Å². The number of phenolic OH excluding ortho intramolecular Hbond substituents is 1. The van der Waals surface area contributed by atoms with Gasteiger partial charge in [-0.1, -0.05) is 13.0 Å². The number of aromatic hydroxyl groups is 1. The Bertz CT molecular complexity index is 417. The maximum Gasteiger partial charge on any atom is 0.122 e.